The summed E-state index contributed by atoms with van der Waals surface area (Å²) < 4.78 is 26.8. The smallest absolute Gasteiger partial charge is 0.243 e. The predicted octanol–water partition coefficient (Wildman–Crippen LogP) is 0.705. The van der Waals surface area contributed by atoms with Gasteiger partial charge in [-0.2, -0.15) is 4.31 Å². The molecule has 0 bridgehead atoms. The molecule has 3 rings (SSSR count). The molecule has 24 heavy (non-hydrogen) atoms. The van der Waals surface area contributed by atoms with Crippen LogP contribution in [0.15, 0.2) is 35.2 Å². The molecule has 2 fully saturated rings. The lowest BCUT2D eigenvalue weighted by Gasteiger charge is -2.42. The third-order valence-electron chi connectivity index (χ3n) is 5.16. The van der Waals surface area contributed by atoms with E-state index >= 15 is 0 Å². The Morgan fingerprint density at radius 1 is 1.17 bits per heavy atom. The summed E-state index contributed by atoms with van der Waals surface area (Å²) in [5.41, 5.74) is -1.46. The average molecular weight is 354 g/mol. The van der Waals surface area contributed by atoms with Crippen LogP contribution < -0.4 is 5.32 Å². The van der Waals surface area contributed by atoms with Gasteiger partial charge in [0.15, 0.2) is 0 Å². The lowest BCUT2D eigenvalue weighted by atomic mass is 9.90. The van der Waals surface area contributed by atoms with Crippen LogP contribution in [0.2, 0.25) is 0 Å². The number of rotatable bonds is 5. The lowest BCUT2D eigenvalue weighted by Crippen LogP contribution is -2.62. The summed E-state index contributed by atoms with van der Waals surface area (Å²) in [4.78, 5) is 0.215. The number of β-amino-alcohol motifs (C(OH)–C–C–N with tert-alkyl or cyclic N) is 1. The Labute approximate surface area is 143 Å². The van der Waals surface area contributed by atoms with Gasteiger partial charge in [0.1, 0.15) is 5.60 Å². The quantitative estimate of drug-likeness (QED) is 0.724. The molecule has 1 heterocycles. The summed E-state index contributed by atoms with van der Waals surface area (Å²) in [6, 6.07) is 8.58. The van der Waals surface area contributed by atoms with Crippen molar-refractivity contribution in [3.05, 3.63) is 30.3 Å². The number of hydrogen-bond donors (Lipinski definition) is 3. The van der Waals surface area contributed by atoms with E-state index in [-0.39, 0.29) is 31.0 Å². The lowest BCUT2D eigenvalue weighted by molar-refractivity contribution is -0.105. The summed E-state index contributed by atoms with van der Waals surface area (Å²) in [5.74, 6) is 0. The number of hydrogen-bond acceptors (Lipinski definition) is 5. The summed E-state index contributed by atoms with van der Waals surface area (Å²) in [7, 11) is -3.66. The van der Waals surface area contributed by atoms with Gasteiger partial charge in [-0.15, -0.1) is 0 Å². The second kappa shape index (κ2) is 7.09. The highest BCUT2D eigenvalue weighted by Gasteiger charge is 2.44. The van der Waals surface area contributed by atoms with Gasteiger partial charge < -0.3 is 15.5 Å². The highest BCUT2D eigenvalue weighted by atomic mass is 32.2. The number of nitrogens with zero attached hydrogens (tertiary/aromatic N) is 1. The molecule has 2 atom stereocenters. The fourth-order valence-corrected chi connectivity index (χ4v) is 5.13. The van der Waals surface area contributed by atoms with Crippen molar-refractivity contribution in [1.29, 1.82) is 0 Å². The van der Waals surface area contributed by atoms with Crippen LogP contribution in [0.1, 0.15) is 32.1 Å². The summed E-state index contributed by atoms with van der Waals surface area (Å²) in [6.07, 6.45) is 3.79. The van der Waals surface area contributed by atoms with Crippen LogP contribution in [0, 0.1) is 0 Å². The average Bonchev–Trinajstić information content (AvgIpc) is 3.10. The summed E-state index contributed by atoms with van der Waals surface area (Å²) in [6.45, 7) is 0.328. The van der Waals surface area contributed by atoms with Crippen LogP contribution in [-0.2, 0) is 10.0 Å². The van der Waals surface area contributed by atoms with E-state index in [0.717, 1.165) is 12.8 Å². The first kappa shape index (κ1) is 17.8. The molecular formula is C17H26N2O4S. The van der Waals surface area contributed by atoms with Gasteiger partial charge >= 0.3 is 0 Å². The monoisotopic (exact) mass is 354 g/mol. The second-order valence-corrected chi connectivity index (χ2v) is 8.86. The van der Waals surface area contributed by atoms with Crippen molar-refractivity contribution in [3.8, 4) is 0 Å². The zero-order valence-electron chi connectivity index (χ0n) is 13.8. The van der Waals surface area contributed by atoms with Gasteiger partial charge in [-0.1, -0.05) is 31.0 Å². The van der Waals surface area contributed by atoms with Crippen LogP contribution in [0.25, 0.3) is 0 Å². The van der Waals surface area contributed by atoms with E-state index in [1.54, 1.807) is 30.3 Å². The highest BCUT2D eigenvalue weighted by molar-refractivity contribution is 7.89. The van der Waals surface area contributed by atoms with Crippen LogP contribution in [0.4, 0.5) is 0 Å². The number of aliphatic hydroxyl groups excluding tert-OH is 1. The van der Waals surface area contributed by atoms with E-state index in [1.807, 2.05) is 0 Å². The van der Waals surface area contributed by atoms with Crippen molar-refractivity contribution < 1.29 is 18.6 Å². The van der Waals surface area contributed by atoms with Gasteiger partial charge in [-0.25, -0.2) is 8.42 Å². The van der Waals surface area contributed by atoms with E-state index in [9.17, 15) is 18.6 Å². The number of sulfonamides is 1. The van der Waals surface area contributed by atoms with Crippen molar-refractivity contribution >= 4 is 10.0 Å². The zero-order valence-corrected chi connectivity index (χ0v) is 14.6. The third kappa shape index (κ3) is 3.65. The number of aliphatic hydroxyl groups is 2. The Bertz CT molecular complexity index is 646. The molecule has 0 radical (unpaired) electrons. The first-order valence-electron chi connectivity index (χ1n) is 8.61. The highest BCUT2D eigenvalue weighted by Crippen LogP contribution is 2.27. The van der Waals surface area contributed by atoms with Crippen molar-refractivity contribution in [2.45, 2.75) is 54.7 Å². The molecular weight excluding hydrogens is 328 g/mol. The van der Waals surface area contributed by atoms with Gasteiger partial charge in [0.05, 0.1) is 11.0 Å². The minimum atomic E-state index is -3.66. The molecule has 1 saturated heterocycles. The van der Waals surface area contributed by atoms with E-state index in [2.05, 4.69) is 5.32 Å². The molecule has 1 aromatic rings. The largest absolute Gasteiger partial charge is 0.390 e. The molecule has 2 aliphatic rings. The van der Waals surface area contributed by atoms with E-state index in [1.165, 1.54) is 17.1 Å². The Morgan fingerprint density at radius 2 is 1.83 bits per heavy atom. The molecule has 0 aromatic heterocycles. The molecule has 6 nitrogen and oxygen atoms in total. The maximum atomic E-state index is 12.8. The van der Waals surface area contributed by atoms with E-state index < -0.39 is 21.7 Å². The Balaban J connectivity index is 1.72. The maximum absolute atomic E-state index is 12.8. The van der Waals surface area contributed by atoms with Gasteiger partial charge in [0, 0.05) is 25.7 Å². The minimum Gasteiger partial charge on any atom is -0.390 e. The Morgan fingerprint density at radius 3 is 2.50 bits per heavy atom. The number of nitrogens with one attached hydrogen (secondary N) is 1. The molecule has 1 aromatic carbocycles. The molecule has 1 aliphatic heterocycles. The van der Waals surface area contributed by atoms with Crippen LogP contribution in [0.3, 0.4) is 0 Å². The zero-order chi connectivity index (χ0) is 17.2. The fourth-order valence-electron chi connectivity index (χ4n) is 3.60. The Kier molecular flexibility index (Phi) is 5.27. The Hall–Kier alpha value is -0.990. The number of benzene rings is 1. The molecule has 1 saturated carbocycles. The van der Waals surface area contributed by atoms with Crippen LogP contribution >= 0.6 is 0 Å². The van der Waals surface area contributed by atoms with Gasteiger partial charge in [0.2, 0.25) is 10.0 Å². The molecule has 1 aliphatic carbocycles. The minimum absolute atomic E-state index is 0.0921. The van der Waals surface area contributed by atoms with Crippen molar-refractivity contribution in [3.63, 3.8) is 0 Å². The summed E-state index contributed by atoms with van der Waals surface area (Å²) in [5, 5.41) is 24.4. The van der Waals surface area contributed by atoms with Gasteiger partial charge in [-0.3, -0.25) is 0 Å². The number of piperidine rings is 1. The fraction of sp³-hybridized carbons (Fsp3) is 0.647. The second-order valence-electron chi connectivity index (χ2n) is 6.92. The first-order chi connectivity index (χ1) is 11.4. The van der Waals surface area contributed by atoms with E-state index in [4.69, 9.17) is 0 Å². The van der Waals surface area contributed by atoms with Crippen molar-refractivity contribution in [2.75, 3.05) is 19.6 Å². The third-order valence-corrected chi connectivity index (χ3v) is 7.01. The topological polar surface area (TPSA) is 89.9 Å². The molecule has 3 N–H and O–H groups in total. The molecule has 0 amide bonds. The van der Waals surface area contributed by atoms with E-state index in [0.29, 0.717) is 6.04 Å². The van der Waals surface area contributed by atoms with Gasteiger partial charge in [0.25, 0.3) is 0 Å². The standard InChI is InChI=1S/C17H26N2O4S/c20-16-10-11-19(24(22,23)15-8-2-1-3-9-15)13-17(16,21)12-18-14-6-4-5-7-14/h1-3,8-9,14,16,18,20-21H,4-7,10-13H2/t16-,17+/m0/s1. The normalized spacial score (nSPS) is 29.8. The van der Waals surface area contributed by atoms with Gasteiger partial charge in [-0.05, 0) is 31.4 Å². The maximum Gasteiger partial charge on any atom is 0.243 e. The molecule has 134 valence electrons. The van der Waals surface area contributed by atoms with Crippen LogP contribution in [0.5, 0.6) is 0 Å². The van der Waals surface area contributed by atoms with Crippen molar-refractivity contribution in [2.24, 2.45) is 0 Å². The molecule has 0 spiro atoms. The molecule has 7 heteroatoms. The van der Waals surface area contributed by atoms with Crippen molar-refractivity contribution in [1.82, 2.24) is 9.62 Å². The molecule has 0 unspecified atom stereocenters. The predicted molar refractivity (Wildman–Crippen MR) is 91.0 cm³/mol. The summed E-state index contributed by atoms with van der Waals surface area (Å²) >= 11 is 0. The SMILES string of the molecule is O=S(=O)(c1ccccc1)N1CC[C@H](O)[C@@](O)(CNC2CCCC2)C1. The van der Waals surface area contributed by atoms with Crippen LogP contribution in [-0.4, -0.2) is 60.3 Å². The first-order valence-corrected chi connectivity index (χ1v) is 10.0.